The molecule has 0 aromatic heterocycles. The van der Waals surface area contributed by atoms with Crippen LogP contribution in [-0.4, -0.2) is 43.8 Å². The second-order valence-electron chi connectivity index (χ2n) is 11.4. The summed E-state index contributed by atoms with van der Waals surface area (Å²) in [5.74, 6) is -1.00. The van der Waals surface area contributed by atoms with Gasteiger partial charge in [0.1, 0.15) is 12.6 Å². The van der Waals surface area contributed by atoms with Gasteiger partial charge in [-0.3, -0.25) is 13.9 Å². The molecule has 12 heteroatoms. The van der Waals surface area contributed by atoms with Gasteiger partial charge in [0.05, 0.1) is 10.6 Å². The maximum Gasteiger partial charge on any atom is 0.264 e. The van der Waals surface area contributed by atoms with Gasteiger partial charge in [0.2, 0.25) is 11.8 Å². The molecule has 5 rings (SSSR count). The van der Waals surface area contributed by atoms with E-state index in [1.54, 1.807) is 36.4 Å². The van der Waals surface area contributed by atoms with Crippen LogP contribution in [0.4, 0.5) is 5.69 Å². The molecule has 0 spiro atoms. The lowest BCUT2D eigenvalue weighted by Crippen LogP contribution is -2.54. The van der Waals surface area contributed by atoms with Crippen LogP contribution >= 0.6 is 46.4 Å². The lowest BCUT2D eigenvalue weighted by atomic mass is 10.0. The maximum atomic E-state index is 14.7. The van der Waals surface area contributed by atoms with Crippen LogP contribution in [-0.2, 0) is 32.6 Å². The van der Waals surface area contributed by atoms with E-state index in [0.29, 0.717) is 15.6 Å². The third-order valence-corrected chi connectivity index (χ3v) is 11.0. The van der Waals surface area contributed by atoms with E-state index in [2.05, 4.69) is 5.32 Å². The Morgan fingerprint density at radius 3 is 1.96 bits per heavy atom. The third kappa shape index (κ3) is 8.80. The molecule has 1 aliphatic rings. The predicted molar refractivity (Wildman–Crippen MR) is 189 cm³/mol. The number of nitrogens with zero attached hydrogens (tertiary/aromatic N) is 2. The lowest BCUT2D eigenvalue weighted by molar-refractivity contribution is -0.140. The van der Waals surface area contributed by atoms with Crippen molar-refractivity contribution in [3.8, 4) is 0 Å². The van der Waals surface area contributed by atoms with Crippen molar-refractivity contribution in [3.63, 3.8) is 0 Å². The van der Waals surface area contributed by atoms with Gasteiger partial charge in [-0.1, -0.05) is 114 Å². The molecule has 1 saturated carbocycles. The number of anilines is 1. The summed E-state index contributed by atoms with van der Waals surface area (Å²) in [6, 6.07) is 25.3. The highest BCUT2D eigenvalue weighted by Crippen LogP contribution is 2.32. The summed E-state index contributed by atoms with van der Waals surface area (Å²) in [7, 11) is -4.31. The minimum absolute atomic E-state index is 0.0230. The van der Waals surface area contributed by atoms with E-state index < -0.39 is 28.5 Å². The van der Waals surface area contributed by atoms with E-state index in [4.69, 9.17) is 46.4 Å². The predicted octanol–water partition coefficient (Wildman–Crippen LogP) is 8.19. The number of carbonyl (C=O) groups excluding carboxylic acids is 2. The number of amides is 2. The fourth-order valence-electron chi connectivity index (χ4n) is 5.71. The summed E-state index contributed by atoms with van der Waals surface area (Å²) in [6.45, 7) is -0.819. The molecule has 4 aromatic carbocycles. The monoisotopic (exact) mass is 731 g/mol. The van der Waals surface area contributed by atoms with Crippen LogP contribution in [0.2, 0.25) is 20.1 Å². The Balaban J connectivity index is 1.61. The van der Waals surface area contributed by atoms with Crippen molar-refractivity contribution in [3.05, 3.63) is 128 Å². The first-order valence-electron chi connectivity index (χ1n) is 15.1. The fourth-order valence-corrected chi connectivity index (χ4v) is 8.16. The summed E-state index contributed by atoms with van der Waals surface area (Å²) >= 11 is 25.8. The number of hydrogen-bond donors (Lipinski definition) is 1. The molecule has 0 aliphatic heterocycles. The standard InChI is InChI=1S/C35H33Cl4N3O4S/c36-25-19-26(37)21-28(20-25)42(47(45,46)29-14-5-2-6-15-29)23-34(43)41(22-30-31(38)16-9-17-32(30)39)33(18-24-10-3-1-4-11-24)35(44)40-27-12-7-8-13-27/h1-6,9-11,14-17,19-21,27,33H,7-8,12-13,18,22-23H2,(H,40,44)/t33-/m0/s1. The molecule has 2 amide bonds. The number of carbonyl (C=O) groups is 2. The Labute approximate surface area is 295 Å². The molecule has 7 nitrogen and oxygen atoms in total. The highest BCUT2D eigenvalue weighted by Gasteiger charge is 2.36. The van der Waals surface area contributed by atoms with Gasteiger partial charge in [-0.15, -0.1) is 0 Å². The number of benzene rings is 4. The second kappa shape index (κ2) is 15.8. The van der Waals surface area contributed by atoms with Gasteiger partial charge in [0, 0.05) is 44.7 Å². The molecule has 1 N–H and O–H groups in total. The highest BCUT2D eigenvalue weighted by atomic mass is 35.5. The largest absolute Gasteiger partial charge is 0.352 e. The molecule has 0 saturated heterocycles. The molecule has 1 atom stereocenters. The number of sulfonamides is 1. The van der Waals surface area contributed by atoms with Crippen LogP contribution in [0.3, 0.4) is 0 Å². The van der Waals surface area contributed by atoms with Crippen LogP contribution < -0.4 is 9.62 Å². The van der Waals surface area contributed by atoms with Gasteiger partial charge in [0.15, 0.2) is 0 Å². The zero-order valence-electron chi connectivity index (χ0n) is 25.3. The molecule has 0 heterocycles. The first-order chi connectivity index (χ1) is 22.5. The summed E-state index contributed by atoms with van der Waals surface area (Å²) in [5, 5.41) is 4.12. The summed E-state index contributed by atoms with van der Waals surface area (Å²) < 4.78 is 29.3. The Morgan fingerprint density at radius 1 is 0.787 bits per heavy atom. The third-order valence-electron chi connectivity index (χ3n) is 8.11. The van der Waals surface area contributed by atoms with E-state index in [1.165, 1.54) is 35.2 Å². The molecular weight excluding hydrogens is 700 g/mol. The SMILES string of the molecule is O=C(NC1CCCC1)[C@H](Cc1ccccc1)N(Cc1c(Cl)cccc1Cl)C(=O)CN(c1cc(Cl)cc(Cl)c1)S(=O)(=O)c1ccccc1. The van der Waals surface area contributed by atoms with Gasteiger partial charge in [0.25, 0.3) is 10.0 Å². The molecule has 1 fully saturated rings. The zero-order valence-corrected chi connectivity index (χ0v) is 29.1. The number of hydrogen-bond acceptors (Lipinski definition) is 4. The van der Waals surface area contributed by atoms with Gasteiger partial charge in [-0.25, -0.2) is 8.42 Å². The second-order valence-corrected chi connectivity index (χ2v) is 14.9. The van der Waals surface area contributed by atoms with Crippen LogP contribution in [0.25, 0.3) is 0 Å². The quantitative estimate of drug-likeness (QED) is 0.159. The van der Waals surface area contributed by atoms with Crippen molar-refractivity contribution in [2.45, 2.75) is 55.6 Å². The minimum atomic E-state index is -4.31. The molecule has 1 aliphatic carbocycles. The Hall–Kier alpha value is -3.27. The van der Waals surface area contributed by atoms with E-state index >= 15 is 0 Å². The molecule has 246 valence electrons. The maximum absolute atomic E-state index is 14.7. The van der Waals surface area contributed by atoms with Crippen LogP contribution in [0.1, 0.15) is 36.8 Å². The summed E-state index contributed by atoms with van der Waals surface area (Å²) in [4.78, 5) is 30.1. The molecule has 0 bridgehead atoms. The molecule has 0 radical (unpaired) electrons. The van der Waals surface area contributed by atoms with Crippen molar-refractivity contribution in [1.82, 2.24) is 10.2 Å². The van der Waals surface area contributed by atoms with Gasteiger partial charge in [-0.05, 0) is 60.9 Å². The van der Waals surface area contributed by atoms with Crippen LogP contribution in [0.5, 0.6) is 0 Å². The Kier molecular flexibility index (Phi) is 11.7. The van der Waals surface area contributed by atoms with Gasteiger partial charge in [-0.2, -0.15) is 0 Å². The van der Waals surface area contributed by atoms with Gasteiger partial charge < -0.3 is 10.2 Å². The van der Waals surface area contributed by atoms with Crippen molar-refractivity contribution < 1.29 is 18.0 Å². The highest BCUT2D eigenvalue weighted by molar-refractivity contribution is 7.92. The summed E-state index contributed by atoms with van der Waals surface area (Å²) in [5.41, 5.74) is 1.34. The molecule has 4 aromatic rings. The molecule has 47 heavy (non-hydrogen) atoms. The zero-order chi connectivity index (χ0) is 33.6. The van der Waals surface area contributed by atoms with Gasteiger partial charge >= 0.3 is 0 Å². The van der Waals surface area contributed by atoms with Crippen molar-refractivity contribution >= 4 is 73.9 Å². The fraction of sp³-hybridized carbons (Fsp3) is 0.257. The Morgan fingerprint density at radius 2 is 1.36 bits per heavy atom. The van der Waals surface area contributed by atoms with E-state index in [1.807, 2.05) is 30.3 Å². The number of halogens is 4. The first-order valence-corrected chi connectivity index (χ1v) is 18.1. The lowest BCUT2D eigenvalue weighted by Gasteiger charge is -2.34. The smallest absolute Gasteiger partial charge is 0.264 e. The van der Waals surface area contributed by atoms with Crippen molar-refractivity contribution in [1.29, 1.82) is 0 Å². The van der Waals surface area contributed by atoms with Crippen LogP contribution in [0.15, 0.2) is 102 Å². The van der Waals surface area contributed by atoms with E-state index in [0.717, 1.165) is 35.6 Å². The average molecular weight is 734 g/mol. The van der Waals surface area contributed by atoms with E-state index in [9.17, 15) is 18.0 Å². The van der Waals surface area contributed by atoms with E-state index in [-0.39, 0.29) is 45.5 Å². The normalized spacial score (nSPS) is 14.0. The van der Waals surface area contributed by atoms with Crippen LogP contribution in [0, 0.1) is 0 Å². The number of nitrogens with one attached hydrogen (secondary N) is 1. The first kappa shape index (κ1) is 35.0. The van der Waals surface area contributed by atoms with Crippen molar-refractivity contribution in [2.24, 2.45) is 0 Å². The molecular formula is C35H33Cl4N3O4S. The van der Waals surface area contributed by atoms with Crippen molar-refractivity contribution in [2.75, 3.05) is 10.8 Å². The number of rotatable bonds is 12. The minimum Gasteiger partial charge on any atom is -0.352 e. The summed E-state index contributed by atoms with van der Waals surface area (Å²) in [6.07, 6.45) is 3.85. The topological polar surface area (TPSA) is 86.8 Å². The average Bonchev–Trinajstić information content (AvgIpc) is 3.56. The molecule has 0 unspecified atom stereocenters. The Bertz CT molecular complexity index is 1780.